The Morgan fingerprint density at radius 1 is 1.08 bits per heavy atom. The van der Waals surface area contributed by atoms with Crippen LogP contribution in [0.5, 0.6) is 0 Å². The zero-order valence-electron chi connectivity index (χ0n) is 15.1. The van der Waals surface area contributed by atoms with E-state index in [0.717, 1.165) is 16.5 Å². The standard InChI is InChI=1S/C22H24N2O2/c1-23-12-9-18-7-8-19(15-20(18)23)21(25)24-13-10-22(26,11-14-24)16-17-5-3-2-4-6-17/h2-9,12,15,26H,10-11,13-14,16H2,1H3. The van der Waals surface area contributed by atoms with Crippen LogP contribution in [0.1, 0.15) is 28.8 Å². The van der Waals surface area contributed by atoms with Crippen LogP contribution in [0.3, 0.4) is 0 Å². The predicted molar refractivity (Wildman–Crippen MR) is 103 cm³/mol. The van der Waals surface area contributed by atoms with Gasteiger partial charge in [-0.2, -0.15) is 0 Å². The summed E-state index contributed by atoms with van der Waals surface area (Å²) in [6.45, 7) is 1.18. The van der Waals surface area contributed by atoms with E-state index >= 15 is 0 Å². The Morgan fingerprint density at radius 2 is 1.81 bits per heavy atom. The SMILES string of the molecule is Cn1ccc2ccc(C(=O)N3CCC(O)(Cc4ccccc4)CC3)cc21. The van der Waals surface area contributed by atoms with Crippen LogP contribution in [0, 0.1) is 0 Å². The van der Waals surface area contributed by atoms with Crippen molar-refractivity contribution in [3.05, 3.63) is 71.9 Å². The number of amides is 1. The van der Waals surface area contributed by atoms with Gasteiger partial charge in [0.05, 0.1) is 5.60 Å². The van der Waals surface area contributed by atoms with Crippen molar-refractivity contribution in [2.45, 2.75) is 24.9 Å². The van der Waals surface area contributed by atoms with E-state index in [1.165, 1.54) is 0 Å². The Bertz CT molecular complexity index is 922. The first-order chi connectivity index (χ1) is 12.5. The number of hydrogen-bond acceptors (Lipinski definition) is 2. The lowest BCUT2D eigenvalue weighted by Gasteiger charge is -2.38. The topological polar surface area (TPSA) is 45.5 Å². The maximum Gasteiger partial charge on any atom is 0.253 e. The highest BCUT2D eigenvalue weighted by Crippen LogP contribution is 2.27. The number of aromatic nitrogens is 1. The van der Waals surface area contributed by atoms with Crippen molar-refractivity contribution in [1.29, 1.82) is 0 Å². The highest BCUT2D eigenvalue weighted by Gasteiger charge is 2.34. The van der Waals surface area contributed by atoms with E-state index in [1.54, 1.807) is 0 Å². The second-order valence-electron chi connectivity index (χ2n) is 7.38. The number of carbonyl (C=O) groups excluding carboxylic acids is 1. The van der Waals surface area contributed by atoms with Crippen molar-refractivity contribution in [3.63, 3.8) is 0 Å². The summed E-state index contributed by atoms with van der Waals surface area (Å²) >= 11 is 0. The van der Waals surface area contributed by atoms with Gasteiger partial charge in [0.1, 0.15) is 0 Å². The van der Waals surface area contributed by atoms with Gasteiger partial charge in [-0.05, 0) is 42.0 Å². The van der Waals surface area contributed by atoms with Gasteiger partial charge in [0.25, 0.3) is 5.91 Å². The van der Waals surface area contributed by atoms with Crippen LogP contribution in [0.2, 0.25) is 0 Å². The third-order valence-corrected chi connectivity index (χ3v) is 5.49. The molecule has 4 rings (SSSR count). The summed E-state index contributed by atoms with van der Waals surface area (Å²) in [6, 6.07) is 18.0. The number of benzene rings is 2. The number of carbonyl (C=O) groups is 1. The first kappa shape index (κ1) is 16.9. The van der Waals surface area contributed by atoms with Crippen LogP contribution in [-0.4, -0.2) is 39.2 Å². The van der Waals surface area contributed by atoms with Gasteiger partial charge in [0, 0.05) is 43.8 Å². The van der Waals surface area contributed by atoms with Crippen LogP contribution in [-0.2, 0) is 13.5 Å². The van der Waals surface area contributed by atoms with Crippen molar-refractivity contribution in [2.75, 3.05) is 13.1 Å². The number of hydrogen-bond donors (Lipinski definition) is 1. The number of aliphatic hydroxyl groups is 1. The average Bonchev–Trinajstić information content (AvgIpc) is 3.03. The largest absolute Gasteiger partial charge is 0.389 e. The number of rotatable bonds is 3. The number of fused-ring (bicyclic) bond motifs is 1. The smallest absolute Gasteiger partial charge is 0.253 e. The molecule has 0 spiro atoms. The number of aryl methyl sites for hydroxylation is 1. The van der Waals surface area contributed by atoms with Crippen LogP contribution >= 0.6 is 0 Å². The minimum absolute atomic E-state index is 0.0508. The first-order valence-corrected chi connectivity index (χ1v) is 9.15. The molecule has 4 heteroatoms. The molecule has 0 unspecified atom stereocenters. The van der Waals surface area contributed by atoms with E-state index in [1.807, 2.05) is 77.3 Å². The van der Waals surface area contributed by atoms with Gasteiger partial charge >= 0.3 is 0 Å². The van der Waals surface area contributed by atoms with Crippen molar-refractivity contribution >= 4 is 16.8 Å². The van der Waals surface area contributed by atoms with Gasteiger partial charge in [-0.15, -0.1) is 0 Å². The highest BCUT2D eigenvalue weighted by molar-refractivity contribution is 5.98. The predicted octanol–water partition coefficient (Wildman–Crippen LogP) is 3.39. The molecule has 0 radical (unpaired) electrons. The maximum absolute atomic E-state index is 12.9. The minimum Gasteiger partial charge on any atom is -0.389 e. The van der Waals surface area contributed by atoms with Crippen molar-refractivity contribution in [3.8, 4) is 0 Å². The van der Waals surface area contributed by atoms with Gasteiger partial charge in [-0.1, -0.05) is 36.4 Å². The molecule has 1 aromatic heterocycles. The van der Waals surface area contributed by atoms with Crippen molar-refractivity contribution in [2.24, 2.45) is 7.05 Å². The molecule has 2 aromatic carbocycles. The minimum atomic E-state index is -0.722. The first-order valence-electron chi connectivity index (χ1n) is 9.15. The number of piperidine rings is 1. The molecule has 1 amide bonds. The normalized spacial score (nSPS) is 16.8. The number of likely N-dealkylation sites (tertiary alicyclic amines) is 1. The molecule has 26 heavy (non-hydrogen) atoms. The Balaban J connectivity index is 1.45. The summed E-state index contributed by atoms with van der Waals surface area (Å²) < 4.78 is 2.03. The van der Waals surface area contributed by atoms with Gasteiger partial charge in [0.15, 0.2) is 0 Å². The number of nitrogens with zero attached hydrogens (tertiary/aromatic N) is 2. The van der Waals surface area contributed by atoms with E-state index in [-0.39, 0.29) is 5.91 Å². The van der Waals surface area contributed by atoms with E-state index in [2.05, 4.69) is 0 Å². The average molecular weight is 348 g/mol. The summed E-state index contributed by atoms with van der Waals surface area (Å²) in [5.74, 6) is 0.0508. The fourth-order valence-corrected chi connectivity index (χ4v) is 3.86. The molecule has 3 aromatic rings. The zero-order chi connectivity index (χ0) is 18.1. The van der Waals surface area contributed by atoms with Crippen molar-refractivity contribution in [1.82, 2.24) is 9.47 Å². The van der Waals surface area contributed by atoms with Gasteiger partial charge in [0.2, 0.25) is 0 Å². The van der Waals surface area contributed by atoms with Crippen LogP contribution in [0.15, 0.2) is 60.8 Å². The highest BCUT2D eigenvalue weighted by atomic mass is 16.3. The lowest BCUT2D eigenvalue weighted by Crippen LogP contribution is -2.47. The quantitative estimate of drug-likeness (QED) is 0.789. The molecule has 1 aliphatic heterocycles. The molecule has 134 valence electrons. The Labute approximate surface area is 153 Å². The maximum atomic E-state index is 12.9. The molecule has 0 bridgehead atoms. The third kappa shape index (κ3) is 3.25. The van der Waals surface area contributed by atoms with E-state index in [4.69, 9.17) is 0 Å². The fourth-order valence-electron chi connectivity index (χ4n) is 3.86. The monoisotopic (exact) mass is 348 g/mol. The third-order valence-electron chi connectivity index (χ3n) is 5.49. The molecule has 0 saturated carbocycles. The summed E-state index contributed by atoms with van der Waals surface area (Å²) in [4.78, 5) is 14.7. The van der Waals surface area contributed by atoms with Gasteiger partial charge < -0.3 is 14.6 Å². The van der Waals surface area contributed by atoms with Gasteiger partial charge in [-0.3, -0.25) is 4.79 Å². The Morgan fingerprint density at radius 3 is 2.54 bits per heavy atom. The fraction of sp³-hybridized carbons (Fsp3) is 0.318. The molecule has 4 nitrogen and oxygen atoms in total. The van der Waals surface area contributed by atoms with E-state index < -0.39 is 5.60 Å². The van der Waals surface area contributed by atoms with Gasteiger partial charge in [-0.25, -0.2) is 0 Å². The molecule has 2 heterocycles. The summed E-state index contributed by atoms with van der Waals surface area (Å²) in [5, 5.41) is 12.0. The molecule has 0 aliphatic carbocycles. The molecule has 1 saturated heterocycles. The second kappa shape index (κ2) is 6.61. The second-order valence-corrected chi connectivity index (χ2v) is 7.38. The van der Waals surface area contributed by atoms with Crippen LogP contribution < -0.4 is 0 Å². The molecule has 0 atom stereocenters. The van der Waals surface area contributed by atoms with Crippen LogP contribution in [0.25, 0.3) is 10.9 Å². The lowest BCUT2D eigenvalue weighted by atomic mass is 9.85. The molecular formula is C22H24N2O2. The zero-order valence-corrected chi connectivity index (χ0v) is 15.1. The molecule has 1 fully saturated rings. The Kier molecular flexibility index (Phi) is 4.29. The Hall–Kier alpha value is -2.59. The molecular weight excluding hydrogens is 324 g/mol. The summed E-state index contributed by atoms with van der Waals surface area (Å²) in [6.07, 6.45) is 3.87. The molecule has 1 N–H and O–H groups in total. The van der Waals surface area contributed by atoms with E-state index in [0.29, 0.717) is 37.9 Å². The lowest BCUT2D eigenvalue weighted by molar-refractivity contribution is -0.0162. The van der Waals surface area contributed by atoms with Crippen molar-refractivity contribution < 1.29 is 9.90 Å². The summed E-state index contributed by atoms with van der Waals surface area (Å²) in [7, 11) is 1.99. The molecule has 1 aliphatic rings. The van der Waals surface area contributed by atoms with E-state index in [9.17, 15) is 9.90 Å². The summed E-state index contributed by atoms with van der Waals surface area (Å²) in [5.41, 5.74) is 2.20. The van der Waals surface area contributed by atoms with Crippen LogP contribution in [0.4, 0.5) is 0 Å².